The van der Waals surface area contributed by atoms with Gasteiger partial charge in [0.2, 0.25) is 5.95 Å². The normalized spacial score (nSPS) is 20.4. The van der Waals surface area contributed by atoms with Gasteiger partial charge in [0.1, 0.15) is 0 Å². The van der Waals surface area contributed by atoms with Crippen LogP contribution in [0.1, 0.15) is 46.4 Å². The molecule has 5 rings (SSSR count). The predicted molar refractivity (Wildman–Crippen MR) is 118 cm³/mol. The Bertz CT molecular complexity index is 900. The maximum absolute atomic E-state index is 12.9. The van der Waals surface area contributed by atoms with Crippen molar-refractivity contribution in [3.63, 3.8) is 0 Å². The van der Waals surface area contributed by atoms with Crippen LogP contribution in [-0.4, -0.2) is 71.0 Å². The Kier molecular flexibility index (Phi) is 5.42. The van der Waals surface area contributed by atoms with Crippen LogP contribution in [0.15, 0.2) is 30.5 Å². The zero-order chi connectivity index (χ0) is 20.5. The Morgan fingerprint density at radius 1 is 0.967 bits per heavy atom. The summed E-state index contributed by atoms with van der Waals surface area (Å²) >= 11 is 0. The molecule has 2 fully saturated rings. The first kappa shape index (κ1) is 19.5. The van der Waals surface area contributed by atoms with Gasteiger partial charge in [-0.05, 0) is 43.9 Å². The van der Waals surface area contributed by atoms with Crippen molar-refractivity contribution in [1.82, 2.24) is 19.8 Å². The number of anilines is 1. The molecule has 1 amide bonds. The van der Waals surface area contributed by atoms with Crippen molar-refractivity contribution in [2.75, 3.05) is 44.2 Å². The molecule has 30 heavy (non-hydrogen) atoms. The number of aromatic nitrogens is 2. The molecule has 6 heteroatoms. The minimum Gasteiger partial charge on any atom is -0.338 e. The maximum Gasteiger partial charge on any atom is 0.253 e. The third-order valence-electron chi connectivity index (χ3n) is 6.98. The molecular formula is C24H31N5O. The first-order valence-corrected chi connectivity index (χ1v) is 11.4. The van der Waals surface area contributed by atoms with Crippen LogP contribution >= 0.6 is 0 Å². The monoisotopic (exact) mass is 405 g/mol. The summed E-state index contributed by atoms with van der Waals surface area (Å²) < 4.78 is 0. The number of hydrogen-bond donors (Lipinski definition) is 0. The van der Waals surface area contributed by atoms with Crippen LogP contribution in [0.5, 0.6) is 0 Å². The van der Waals surface area contributed by atoms with Gasteiger partial charge in [0.25, 0.3) is 5.91 Å². The summed E-state index contributed by atoms with van der Waals surface area (Å²) in [6, 6.07) is 8.68. The van der Waals surface area contributed by atoms with Crippen LogP contribution in [0.4, 0.5) is 5.95 Å². The van der Waals surface area contributed by atoms with Crippen molar-refractivity contribution in [3.8, 4) is 0 Å². The van der Waals surface area contributed by atoms with Crippen LogP contribution in [0.25, 0.3) is 0 Å². The van der Waals surface area contributed by atoms with Crippen molar-refractivity contribution in [2.24, 2.45) is 0 Å². The van der Waals surface area contributed by atoms with Gasteiger partial charge in [-0.2, -0.15) is 0 Å². The third kappa shape index (κ3) is 3.93. The van der Waals surface area contributed by atoms with Crippen LogP contribution in [-0.2, 0) is 12.8 Å². The van der Waals surface area contributed by atoms with Crippen LogP contribution in [0, 0.1) is 6.92 Å². The second-order valence-electron chi connectivity index (χ2n) is 8.91. The molecule has 3 aliphatic rings. The smallest absolute Gasteiger partial charge is 0.253 e. The zero-order valence-electron chi connectivity index (χ0n) is 17.9. The van der Waals surface area contributed by atoms with Gasteiger partial charge in [0.05, 0.1) is 5.69 Å². The second-order valence-corrected chi connectivity index (χ2v) is 8.91. The largest absolute Gasteiger partial charge is 0.338 e. The van der Waals surface area contributed by atoms with Gasteiger partial charge >= 0.3 is 0 Å². The molecule has 2 aliphatic heterocycles. The molecule has 1 aromatic heterocycles. The van der Waals surface area contributed by atoms with Gasteiger partial charge < -0.3 is 9.80 Å². The highest BCUT2D eigenvalue weighted by Gasteiger charge is 2.29. The molecule has 6 nitrogen and oxygen atoms in total. The maximum atomic E-state index is 12.9. The standard InChI is InChI=1S/C24H31N5O/c1-18-5-7-19(8-6-18)23(30)28-11-9-20-17-25-24(26-22(20)10-12-28)29-15-13-27(14-16-29)21-3-2-4-21/h5-8,17,21H,2-4,9-16H2,1H3. The van der Waals surface area contributed by atoms with E-state index in [0.29, 0.717) is 6.54 Å². The summed E-state index contributed by atoms with van der Waals surface area (Å²) in [4.78, 5) is 29.5. The average Bonchev–Trinajstić information content (AvgIpc) is 2.95. The van der Waals surface area contributed by atoms with E-state index < -0.39 is 0 Å². The van der Waals surface area contributed by atoms with E-state index in [1.165, 1.54) is 30.4 Å². The molecular weight excluding hydrogens is 374 g/mol. The first-order chi connectivity index (χ1) is 14.7. The molecule has 0 unspecified atom stereocenters. The Hall–Kier alpha value is -2.47. The molecule has 158 valence electrons. The Morgan fingerprint density at radius 3 is 2.40 bits per heavy atom. The van der Waals surface area contributed by atoms with Crippen molar-refractivity contribution < 1.29 is 4.79 Å². The molecule has 3 heterocycles. The number of benzene rings is 1. The SMILES string of the molecule is Cc1ccc(C(=O)N2CCc3cnc(N4CCN(C5CCC5)CC4)nc3CC2)cc1. The highest BCUT2D eigenvalue weighted by molar-refractivity contribution is 5.94. The number of piperazine rings is 1. The van der Waals surface area contributed by atoms with Gasteiger partial charge in [0, 0.05) is 63.5 Å². The molecule has 0 N–H and O–H groups in total. The topological polar surface area (TPSA) is 52.6 Å². The number of carbonyl (C=O) groups excluding carboxylic acids is 1. The predicted octanol–water partition coefficient (Wildman–Crippen LogP) is 2.70. The molecule has 0 spiro atoms. The number of nitrogens with zero attached hydrogens (tertiary/aromatic N) is 5. The number of hydrogen-bond acceptors (Lipinski definition) is 5. The lowest BCUT2D eigenvalue weighted by atomic mass is 9.91. The lowest BCUT2D eigenvalue weighted by Gasteiger charge is -2.43. The van der Waals surface area contributed by atoms with Crippen LogP contribution in [0.3, 0.4) is 0 Å². The fraction of sp³-hybridized carbons (Fsp3) is 0.542. The van der Waals surface area contributed by atoms with E-state index in [1.807, 2.05) is 42.3 Å². The van der Waals surface area contributed by atoms with Crippen molar-refractivity contribution in [1.29, 1.82) is 0 Å². The highest BCUT2D eigenvalue weighted by Crippen LogP contribution is 2.26. The fourth-order valence-electron chi connectivity index (χ4n) is 4.74. The van der Waals surface area contributed by atoms with Gasteiger partial charge in [-0.15, -0.1) is 0 Å². The zero-order valence-corrected chi connectivity index (χ0v) is 17.9. The van der Waals surface area contributed by atoms with E-state index in [-0.39, 0.29) is 5.91 Å². The number of fused-ring (bicyclic) bond motifs is 1. The van der Waals surface area contributed by atoms with Crippen LogP contribution < -0.4 is 4.90 Å². The summed E-state index contributed by atoms with van der Waals surface area (Å²) in [5.41, 5.74) is 4.24. The molecule has 0 atom stereocenters. The molecule has 0 radical (unpaired) electrons. The highest BCUT2D eigenvalue weighted by atomic mass is 16.2. The van der Waals surface area contributed by atoms with Gasteiger partial charge in [-0.1, -0.05) is 24.1 Å². The van der Waals surface area contributed by atoms with Gasteiger partial charge in [0.15, 0.2) is 0 Å². The minimum atomic E-state index is 0.114. The molecule has 1 saturated heterocycles. The number of carbonyl (C=O) groups is 1. The first-order valence-electron chi connectivity index (χ1n) is 11.4. The lowest BCUT2D eigenvalue weighted by molar-refractivity contribution is 0.0763. The lowest BCUT2D eigenvalue weighted by Crippen LogP contribution is -2.52. The van der Waals surface area contributed by atoms with E-state index in [1.54, 1.807) is 0 Å². The average molecular weight is 406 g/mol. The Morgan fingerprint density at radius 2 is 1.70 bits per heavy atom. The summed E-state index contributed by atoms with van der Waals surface area (Å²) in [5.74, 6) is 0.975. The fourth-order valence-corrected chi connectivity index (χ4v) is 4.74. The number of rotatable bonds is 3. The molecule has 0 bridgehead atoms. The summed E-state index contributed by atoms with van der Waals surface area (Å²) in [7, 11) is 0. The van der Waals surface area contributed by atoms with Crippen molar-refractivity contribution in [3.05, 3.63) is 52.8 Å². The minimum absolute atomic E-state index is 0.114. The third-order valence-corrected chi connectivity index (χ3v) is 6.98. The summed E-state index contributed by atoms with van der Waals surface area (Å²) in [6.45, 7) is 7.73. The van der Waals surface area contributed by atoms with E-state index in [9.17, 15) is 4.79 Å². The summed E-state index contributed by atoms with van der Waals surface area (Å²) in [6.07, 6.45) is 7.74. The second kappa shape index (κ2) is 8.34. The molecule has 1 aromatic carbocycles. The van der Waals surface area contributed by atoms with Gasteiger partial charge in [-0.3, -0.25) is 9.69 Å². The Balaban J connectivity index is 1.23. The molecule has 1 saturated carbocycles. The quantitative estimate of drug-likeness (QED) is 0.786. The number of amides is 1. The van der Waals surface area contributed by atoms with Crippen molar-refractivity contribution in [2.45, 2.75) is 45.1 Å². The van der Waals surface area contributed by atoms with Crippen LogP contribution in [0.2, 0.25) is 0 Å². The van der Waals surface area contributed by atoms with E-state index in [2.05, 4.69) is 9.80 Å². The molecule has 1 aliphatic carbocycles. The molecule has 2 aromatic rings. The van der Waals surface area contributed by atoms with E-state index in [0.717, 1.165) is 68.8 Å². The van der Waals surface area contributed by atoms with E-state index >= 15 is 0 Å². The van der Waals surface area contributed by atoms with Crippen molar-refractivity contribution >= 4 is 11.9 Å². The summed E-state index contributed by atoms with van der Waals surface area (Å²) in [5, 5.41) is 0. The number of aryl methyl sites for hydroxylation is 1. The Labute approximate surface area is 178 Å². The van der Waals surface area contributed by atoms with E-state index in [4.69, 9.17) is 9.97 Å². The van der Waals surface area contributed by atoms with Gasteiger partial charge in [-0.25, -0.2) is 9.97 Å².